The van der Waals surface area contributed by atoms with Crippen LogP contribution >= 0.6 is 0 Å². The standard InChI is InChI=1S/C26H20FN5O6/c27-19-12-30-32-21(25(35)29-10-14-1-4-16(5-2-14)26(36)37)9-20(31-23(19)32)24(34)28-11-15-3-6-22-17(7-15)8-18(33)13-38-22/h1-7,9,12H,8,10-11,13H2,(H,28,34)(H,29,35)(H,36,37). The molecule has 4 aromatic rings. The zero-order valence-corrected chi connectivity index (χ0v) is 19.7. The topological polar surface area (TPSA) is 152 Å². The second-order valence-corrected chi connectivity index (χ2v) is 8.57. The summed E-state index contributed by atoms with van der Waals surface area (Å²) in [4.78, 5) is 52.5. The van der Waals surface area contributed by atoms with Crippen LogP contribution in [0, 0.1) is 5.82 Å². The van der Waals surface area contributed by atoms with Crippen LogP contribution in [0.15, 0.2) is 54.7 Å². The summed E-state index contributed by atoms with van der Waals surface area (Å²) in [6, 6.07) is 12.4. The molecule has 38 heavy (non-hydrogen) atoms. The molecular formula is C26H20FN5O6. The number of aromatic carboxylic acids is 1. The number of nitrogens with one attached hydrogen (secondary N) is 2. The number of carbonyl (C=O) groups excluding carboxylic acids is 3. The molecule has 0 aliphatic carbocycles. The first-order chi connectivity index (χ1) is 18.3. The molecule has 0 atom stereocenters. The first-order valence-electron chi connectivity index (χ1n) is 11.5. The Bertz CT molecular complexity index is 1600. The number of hydrogen-bond acceptors (Lipinski definition) is 7. The predicted molar refractivity (Wildman–Crippen MR) is 129 cm³/mol. The smallest absolute Gasteiger partial charge is 0.335 e. The highest BCUT2D eigenvalue weighted by atomic mass is 19.1. The Kier molecular flexibility index (Phi) is 6.52. The second-order valence-electron chi connectivity index (χ2n) is 8.57. The Morgan fingerprint density at radius 3 is 2.47 bits per heavy atom. The number of rotatable bonds is 7. The monoisotopic (exact) mass is 517 g/mol. The third kappa shape index (κ3) is 5.05. The fourth-order valence-electron chi connectivity index (χ4n) is 3.97. The molecule has 1 aliphatic rings. The van der Waals surface area contributed by atoms with E-state index in [-0.39, 0.29) is 54.5 Å². The van der Waals surface area contributed by atoms with E-state index in [9.17, 15) is 23.6 Å². The maximum absolute atomic E-state index is 14.3. The van der Waals surface area contributed by atoms with Gasteiger partial charge < -0.3 is 20.5 Å². The van der Waals surface area contributed by atoms with Gasteiger partial charge in [0.2, 0.25) is 0 Å². The minimum Gasteiger partial charge on any atom is -0.486 e. The van der Waals surface area contributed by atoms with Crippen molar-refractivity contribution < 1.29 is 33.4 Å². The molecule has 2 aromatic heterocycles. The van der Waals surface area contributed by atoms with Gasteiger partial charge in [-0.25, -0.2) is 18.7 Å². The normalized spacial score (nSPS) is 12.5. The Morgan fingerprint density at radius 2 is 1.71 bits per heavy atom. The number of ketones is 1. The number of benzene rings is 2. The van der Waals surface area contributed by atoms with E-state index in [1.165, 1.54) is 18.2 Å². The molecule has 3 N–H and O–H groups in total. The molecule has 0 saturated carbocycles. The van der Waals surface area contributed by atoms with Gasteiger partial charge in [-0.15, -0.1) is 0 Å². The van der Waals surface area contributed by atoms with E-state index in [1.807, 2.05) is 0 Å². The van der Waals surface area contributed by atoms with Crippen LogP contribution in [0.5, 0.6) is 5.75 Å². The van der Waals surface area contributed by atoms with Gasteiger partial charge in [-0.2, -0.15) is 5.10 Å². The lowest BCUT2D eigenvalue weighted by Crippen LogP contribution is -2.28. The molecule has 0 fully saturated rings. The van der Waals surface area contributed by atoms with Crippen molar-refractivity contribution in [3.05, 3.63) is 94.2 Å². The number of fused-ring (bicyclic) bond motifs is 2. The molecular weight excluding hydrogens is 497 g/mol. The number of amides is 2. The first kappa shape index (κ1) is 24.6. The van der Waals surface area contributed by atoms with Gasteiger partial charge in [0.05, 0.1) is 11.8 Å². The first-order valence-corrected chi connectivity index (χ1v) is 11.5. The number of carboxylic acids is 1. The number of aromatic nitrogens is 3. The summed E-state index contributed by atoms with van der Waals surface area (Å²) in [6.45, 7) is 0.191. The van der Waals surface area contributed by atoms with Gasteiger partial charge in [0.25, 0.3) is 11.8 Å². The average Bonchev–Trinajstić information content (AvgIpc) is 3.30. The number of hydrogen-bond donors (Lipinski definition) is 3. The van der Waals surface area contributed by atoms with Gasteiger partial charge in [0.15, 0.2) is 17.2 Å². The number of Topliss-reactive ketones (excluding diaryl/α,β-unsaturated/α-hetero) is 1. The van der Waals surface area contributed by atoms with Crippen LogP contribution in [0.2, 0.25) is 0 Å². The highest BCUT2D eigenvalue weighted by Gasteiger charge is 2.21. The Balaban J connectivity index is 1.32. The maximum atomic E-state index is 14.3. The lowest BCUT2D eigenvalue weighted by Gasteiger charge is -2.17. The van der Waals surface area contributed by atoms with E-state index in [0.29, 0.717) is 11.3 Å². The predicted octanol–water partition coefficient (Wildman–Crippen LogP) is 1.93. The molecule has 3 heterocycles. The van der Waals surface area contributed by atoms with Crippen molar-refractivity contribution in [1.82, 2.24) is 25.2 Å². The van der Waals surface area contributed by atoms with Gasteiger partial charge in [0, 0.05) is 31.1 Å². The zero-order valence-electron chi connectivity index (χ0n) is 19.7. The van der Waals surface area contributed by atoms with Crippen LogP contribution in [0.3, 0.4) is 0 Å². The molecule has 0 bridgehead atoms. The van der Waals surface area contributed by atoms with Gasteiger partial charge in [-0.05, 0) is 35.4 Å². The quantitative estimate of drug-likeness (QED) is 0.336. The molecule has 11 nitrogen and oxygen atoms in total. The van der Waals surface area contributed by atoms with E-state index in [4.69, 9.17) is 9.84 Å². The van der Waals surface area contributed by atoms with Gasteiger partial charge in [0.1, 0.15) is 23.7 Å². The average molecular weight is 517 g/mol. The van der Waals surface area contributed by atoms with Crippen molar-refractivity contribution in [2.75, 3.05) is 6.61 Å². The lowest BCUT2D eigenvalue weighted by molar-refractivity contribution is -0.121. The fraction of sp³-hybridized carbons (Fsp3) is 0.154. The van der Waals surface area contributed by atoms with Crippen molar-refractivity contribution in [2.24, 2.45) is 0 Å². The van der Waals surface area contributed by atoms with Gasteiger partial charge in [-0.1, -0.05) is 18.2 Å². The van der Waals surface area contributed by atoms with Crippen molar-refractivity contribution in [3.63, 3.8) is 0 Å². The Hall–Kier alpha value is -5.13. The molecule has 2 amide bonds. The van der Waals surface area contributed by atoms with Crippen molar-refractivity contribution in [2.45, 2.75) is 19.5 Å². The molecule has 0 unspecified atom stereocenters. The summed E-state index contributed by atoms with van der Waals surface area (Å²) in [5.74, 6) is -2.58. The van der Waals surface area contributed by atoms with Crippen molar-refractivity contribution >= 4 is 29.2 Å². The van der Waals surface area contributed by atoms with Crippen LogP contribution in [0.25, 0.3) is 5.65 Å². The van der Waals surface area contributed by atoms with Crippen molar-refractivity contribution in [1.29, 1.82) is 0 Å². The van der Waals surface area contributed by atoms with E-state index >= 15 is 0 Å². The highest BCUT2D eigenvalue weighted by Crippen LogP contribution is 2.24. The van der Waals surface area contributed by atoms with E-state index in [0.717, 1.165) is 21.8 Å². The van der Waals surface area contributed by atoms with Gasteiger partial charge in [-0.3, -0.25) is 14.4 Å². The van der Waals surface area contributed by atoms with E-state index in [2.05, 4.69) is 20.7 Å². The molecule has 0 saturated heterocycles. The number of nitrogens with zero attached hydrogens (tertiary/aromatic N) is 3. The summed E-state index contributed by atoms with van der Waals surface area (Å²) in [6.07, 6.45) is 1.14. The van der Waals surface area contributed by atoms with Gasteiger partial charge >= 0.3 is 5.97 Å². The summed E-state index contributed by atoms with van der Waals surface area (Å²) >= 11 is 0. The molecule has 1 aliphatic heterocycles. The number of carboxylic acid groups (broad SMARTS) is 1. The van der Waals surface area contributed by atoms with Crippen LogP contribution in [-0.4, -0.2) is 49.9 Å². The van der Waals surface area contributed by atoms with Crippen LogP contribution in [0.1, 0.15) is 48.0 Å². The third-order valence-electron chi connectivity index (χ3n) is 5.90. The highest BCUT2D eigenvalue weighted by molar-refractivity contribution is 5.98. The summed E-state index contributed by atoms with van der Waals surface area (Å²) in [7, 11) is 0. The largest absolute Gasteiger partial charge is 0.486 e. The Labute approximate surface area is 214 Å². The third-order valence-corrected chi connectivity index (χ3v) is 5.90. The van der Waals surface area contributed by atoms with Crippen LogP contribution < -0.4 is 15.4 Å². The fourth-order valence-corrected chi connectivity index (χ4v) is 3.97. The lowest BCUT2D eigenvalue weighted by atomic mass is 10.0. The van der Waals surface area contributed by atoms with Crippen LogP contribution in [0.4, 0.5) is 4.39 Å². The molecule has 192 valence electrons. The summed E-state index contributed by atoms with van der Waals surface area (Å²) in [5, 5.41) is 18.2. The number of carbonyl (C=O) groups is 4. The van der Waals surface area contributed by atoms with E-state index in [1.54, 1.807) is 30.3 Å². The Morgan fingerprint density at radius 1 is 1.00 bits per heavy atom. The molecule has 12 heteroatoms. The van der Waals surface area contributed by atoms with Crippen LogP contribution in [-0.2, 0) is 24.3 Å². The number of ether oxygens (including phenoxy) is 1. The number of halogens is 1. The summed E-state index contributed by atoms with van der Waals surface area (Å²) in [5.41, 5.74) is 1.59. The maximum Gasteiger partial charge on any atom is 0.335 e. The molecule has 0 radical (unpaired) electrons. The summed E-state index contributed by atoms with van der Waals surface area (Å²) < 4.78 is 20.7. The zero-order chi connectivity index (χ0) is 26.8. The second kappa shape index (κ2) is 10.1. The molecule has 2 aromatic carbocycles. The minimum absolute atomic E-state index is 0.0370. The SMILES string of the molecule is O=C1COc2ccc(CNC(=O)c3cc(C(=O)NCc4ccc(C(=O)O)cc4)n4ncc(F)c4n3)cc2C1. The molecule has 0 spiro atoms. The van der Waals surface area contributed by atoms with E-state index < -0.39 is 23.6 Å². The molecule has 5 rings (SSSR count). The van der Waals surface area contributed by atoms with Crippen molar-refractivity contribution in [3.8, 4) is 5.75 Å². The minimum atomic E-state index is -1.07.